The molecule has 0 aromatic heterocycles. The van der Waals surface area contributed by atoms with E-state index in [4.69, 9.17) is 4.74 Å². The summed E-state index contributed by atoms with van der Waals surface area (Å²) in [5.41, 5.74) is 3.41. The molecule has 1 N–H and O–H groups in total. The molecule has 0 bridgehead atoms. The molecular weight excluding hydrogens is 230 g/mol. The van der Waals surface area contributed by atoms with Crippen LogP contribution in [-0.2, 0) is 16.1 Å². The van der Waals surface area contributed by atoms with Crippen molar-refractivity contribution in [2.24, 2.45) is 0 Å². The highest BCUT2D eigenvalue weighted by molar-refractivity contribution is 5.69. The number of aryl methyl sites for hydroxylation is 2. The number of carbonyl (C=O) groups excluding carboxylic acids is 1. The lowest BCUT2D eigenvalue weighted by molar-refractivity contribution is -0.141. The predicted molar refractivity (Wildman–Crippen MR) is 70.8 cm³/mol. The number of nitrogens with one attached hydrogen (secondary N) is 1. The molecule has 4 nitrogen and oxygen atoms in total. The predicted octanol–water partition coefficient (Wildman–Crippen LogP) is 1.96. The number of esters is 1. The number of hydrogen-bond donors (Lipinski definition) is 1. The highest BCUT2D eigenvalue weighted by Crippen LogP contribution is 2.25. The van der Waals surface area contributed by atoms with Crippen molar-refractivity contribution in [2.75, 3.05) is 20.8 Å². The molecule has 0 saturated heterocycles. The molecule has 18 heavy (non-hydrogen) atoms. The summed E-state index contributed by atoms with van der Waals surface area (Å²) in [5.74, 6) is 0.607. The maximum absolute atomic E-state index is 11.0. The molecule has 4 heteroatoms. The van der Waals surface area contributed by atoms with Crippen molar-refractivity contribution in [1.29, 1.82) is 0 Å². The first-order valence-electron chi connectivity index (χ1n) is 6.02. The van der Waals surface area contributed by atoms with Crippen LogP contribution < -0.4 is 10.1 Å². The van der Waals surface area contributed by atoms with Crippen LogP contribution in [0.3, 0.4) is 0 Å². The monoisotopic (exact) mass is 251 g/mol. The molecule has 0 saturated carbocycles. The molecule has 1 aromatic rings. The van der Waals surface area contributed by atoms with E-state index in [1.165, 1.54) is 12.7 Å². The Balaban J connectivity index is 2.68. The van der Waals surface area contributed by atoms with E-state index < -0.39 is 0 Å². The van der Waals surface area contributed by atoms with Gasteiger partial charge in [-0.1, -0.05) is 12.1 Å². The van der Waals surface area contributed by atoms with Crippen LogP contribution in [0, 0.1) is 13.8 Å². The highest BCUT2D eigenvalue weighted by Gasteiger charge is 2.07. The summed E-state index contributed by atoms with van der Waals surface area (Å²) in [7, 11) is 3.30. The summed E-state index contributed by atoms with van der Waals surface area (Å²) < 4.78 is 10.2. The molecular formula is C14H21NO3. The van der Waals surface area contributed by atoms with Gasteiger partial charge in [0.25, 0.3) is 0 Å². The molecule has 0 radical (unpaired) electrons. The normalized spacial score (nSPS) is 10.2. The summed E-state index contributed by atoms with van der Waals surface area (Å²) in [6, 6.07) is 4.19. The second-order valence-electron chi connectivity index (χ2n) is 4.26. The summed E-state index contributed by atoms with van der Waals surface area (Å²) in [5, 5.41) is 3.12. The molecule has 100 valence electrons. The maximum Gasteiger partial charge on any atom is 0.308 e. The molecule has 0 aliphatic heterocycles. The van der Waals surface area contributed by atoms with Crippen molar-refractivity contribution in [1.82, 2.24) is 5.32 Å². The van der Waals surface area contributed by atoms with E-state index >= 15 is 0 Å². The van der Waals surface area contributed by atoms with Crippen LogP contribution in [0.5, 0.6) is 5.75 Å². The first-order valence-corrected chi connectivity index (χ1v) is 6.02. The van der Waals surface area contributed by atoms with Gasteiger partial charge in [0.05, 0.1) is 20.1 Å². The lowest BCUT2D eigenvalue weighted by atomic mass is 10.1. The number of rotatable bonds is 6. The van der Waals surface area contributed by atoms with Crippen LogP contribution >= 0.6 is 0 Å². The average molecular weight is 251 g/mol. The van der Waals surface area contributed by atoms with Gasteiger partial charge in [0.1, 0.15) is 5.75 Å². The van der Waals surface area contributed by atoms with Crippen LogP contribution in [0.4, 0.5) is 0 Å². The van der Waals surface area contributed by atoms with Gasteiger partial charge in [-0.25, -0.2) is 0 Å². The Kier molecular flexibility index (Phi) is 5.65. The van der Waals surface area contributed by atoms with E-state index in [1.54, 1.807) is 0 Å². The van der Waals surface area contributed by atoms with E-state index in [0.29, 0.717) is 6.61 Å². The third-order valence-electron chi connectivity index (χ3n) is 2.68. The topological polar surface area (TPSA) is 47.6 Å². The van der Waals surface area contributed by atoms with Gasteiger partial charge in [-0.05, 0) is 37.6 Å². The molecule has 1 aromatic carbocycles. The molecule has 0 aliphatic carbocycles. The number of ether oxygens (including phenoxy) is 2. The van der Waals surface area contributed by atoms with Crippen molar-refractivity contribution in [3.05, 3.63) is 28.8 Å². The van der Waals surface area contributed by atoms with Gasteiger partial charge in [-0.15, -0.1) is 0 Å². The fourth-order valence-electron chi connectivity index (χ4n) is 1.91. The molecule has 0 amide bonds. The first-order chi connectivity index (χ1) is 8.58. The largest absolute Gasteiger partial charge is 0.492 e. The van der Waals surface area contributed by atoms with Crippen LogP contribution in [-0.4, -0.2) is 26.7 Å². The number of carbonyl (C=O) groups is 1. The van der Waals surface area contributed by atoms with Crippen molar-refractivity contribution in [3.8, 4) is 5.75 Å². The lowest BCUT2D eigenvalue weighted by Gasteiger charge is -2.13. The van der Waals surface area contributed by atoms with E-state index in [1.807, 2.05) is 20.9 Å². The Labute approximate surface area is 108 Å². The minimum absolute atomic E-state index is 0.253. The van der Waals surface area contributed by atoms with E-state index in [9.17, 15) is 4.79 Å². The van der Waals surface area contributed by atoms with E-state index in [0.717, 1.165) is 23.4 Å². The minimum atomic E-state index is -0.253. The van der Waals surface area contributed by atoms with Crippen LogP contribution in [0.2, 0.25) is 0 Å². The van der Waals surface area contributed by atoms with Crippen molar-refractivity contribution in [2.45, 2.75) is 26.8 Å². The zero-order valence-corrected chi connectivity index (χ0v) is 11.5. The van der Waals surface area contributed by atoms with Gasteiger partial charge >= 0.3 is 5.97 Å². The smallest absolute Gasteiger partial charge is 0.308 e. The minimum Gasteiger partial charge on any atom is -0.492 e. The lowest BCUT2D eigenvalue weighted by Crippen LogP contribution is -2.10. The quantitative estimate of drug-likeness (QED) is 0.785. The highest BCUT2D eigenvalue weighted by atomic mass is 16.5. The van der Waals surface area contributed by atoms with Crippen molar-refractivity contribution < 1.29 is 14.3 Å². The van der Waals surface area contributed by atoms with Crippen LogP contribution in [0.1, 0.15) is 23.1 Å². The van der Waals surface area contributed by atoms with Gasteiger partial charge in [-0.3, -0.25) is 4.79 Å². The average Bonchev–Trinajstić information content (AvgIpc) is 2.32. The Morgan fingerprint density at radius 1 is 1.28 bits per heavy atom. The Morgan fingerprint density at radius 2 is 1.89 bits per heavy atom. The third-order valence-corrected chi connectivity index (χ3v) is 2.68. The van der Waals surface area contributed by atoms with Crippen molar-refractivity contribution in [3.63, 3.8) is 0 Å². The summed E-state index contributed by atoms with van der Waals surface area (Å²) in [6.07, 6.45) is 0.271. The van der Waals surface area contributed by atoms with Crippen LogP contribution in [0.25, 0.3) is 0 Å². The van der Waals surface area contributed by atoms with Crippen LogP contribution in [0.15, 0.2) is 12.1 Å². The van der Waals surface area contributed by atoms with Gasteiger partial charge in [0.15, 0.2) is 0 Å². The maximum atomic E-state index is 11.0. The Bertz CT molecular complexity index is 392. The molecule has 0 spiro atoms. The SMILES string of the molecule is CNCc1cc(C)c(OCCC(=O)OC)c(C)c1. The zero-order valence-electron chi connectivity index (χ0n) is 11.5. The third kappa shape index (κ3) is 4.04. The standard InChI is InChI=1S/C14H21NO3/c1-10-7-12(9-15-3)8-11(2)14(10)18-6-5-13(16)17-4/h7-8,15H,5-6,9H2,1-4H3. The molecule has 0 unspecified atom stereocenters. The fourth-order valence-corrected chi connectivity index (χ4v) is 1.91. The zero-order chi connectivity index (χ0) is 13.5. The molecule has 0 heterocycles. The summed E-state index contributed by atoms with van der Waals surface area (Å²) in [4.78, 5) is 11.0. The number of benzene rings is 1. The summed E-state index contributed by atoms with van der Waals surface area (Å²) in [6.45, 7) is 5.21. The molecule has 0 aliphatic rings. The first kappa shape index (κ1) is 14.5. The second-order valence-corrected chi connectivity index (χ2v) is 4.26. The van der Waals surface area contributed by atoms with Gasteiger partial charge < -0.3 is 14.8 Å². The molecule has 0 fully saturated rings. The Morgan fingerprint density at radius 3 is 2.39 bits per heavy atom. The molecule has 0 atom stereocenters. The van der Waals surface area contributed by atoms with Crippen molar-refractivity contribution >= 4 is 5.97 Å². The summed E-state index contributed by atoms with van der Waals surface area (Å²) >= 11 is 0. The number of methoxy groups -OCH3 is 1. The van der Waals surface area contributed by atoms with E-state index in [-0.39, 0.29) is 12.4 Å². The van der Waals surface area contributed by atoms with Gasteiger partial charge in [-0.2, -0.15) is 0 Å². The Hall–Kier alpha value is -1.55. The van der Waals surface area contributed by atoms with E-state index in [2.05, 4.69) is 22.2 Å². The molecule has 1 rings (SSSR count). The second kappa shape index (κ2) is 7.01. The fraction of sp³-hybridized carbons (Fsp3) is 0.500. The van der Waals surface area contributed by atoms with Gasteiger partial charge in [0, 0.05) is 6.54 Å². The number of hydrogen-bond acceptors (Lipinski definition) is 4. The van der Waals surface area contributed by atoms with Gasteiger partial charge in [0.2, 0.25) is 0 Å².